The third-order valence-corrected chi connectivity index (χ3v) is 3.46. The molecule has 2 heterocycles. The van der Waals surface area contributed by atoms with Crippen LogP contribution in [0.5, 0.6) is 0 Å². The fraction of sp³-hybridized carbons (Fsp3) is 0.250. The molecule has 0 spiro atoms. The van der Waals surface area contributed by atoms with Crippen LogP contribution in [0.3, 0.4) is 0 Å². The molecule has 0 N–H and O–H groups in total. The van der Waals surface area contributed by atoms with Gasteiger partial charge in [-0.3, -0.25) is 4.79 Å². The van der Waals surface area contributed by atoms with Crippen LogP contribution in [0.25, 0.3) is 21.9 Å². The lowest BCUT2D eigenvalue weighted by atomic mass is 10.1. The zero-order chi connectivity index (χ0) is 16.7. The van der Waals surface area contributed by atoms with Gasteiger partial charge in [-0.15, -0.1) is 3.89 Å². The molecule has 1 aromatic carbocycles. The number of pyridine rings is 2. The van der Waals surface area contributed by atoms with Crippen molar-refractivity contribution in [2.75, 3.05) is 0 Å². The van der Waals surface area contributed by atoms with Gasteiger partial charge >= 0.3 is 0 Å². The van der Waals surface area contributed by atoms with Crippen molar-refractivity contribution in [3.63, 3.8) is 0 Å². The van der Waals surface area contributed by atoms with Crippen molar-refractivity contribution >= 4 is 45.9 Å². The third-order valence-electron chi connectivity index (χ3n) is 2.71. The van der Waals surface area contributed by atoms with Crippen molar-refractivity contribution in [1.29, 1.82) is 0 Å². The second-order valence-corrected chi connectivity index (χ2v) is 4.67. The number of benzene rings is 1. The molecule has 6 heteroatoms. The second kappa shape index (κ2) is 8.76. The van der Waals surface area contributed by atoms with E-state index in [0.717, 1.165) is 0 Å². The quantitative estimate of drug-likeness (QED) is 0.538. The van der Waals surface area contributed by atoms with Crippen LogP contribution in [0.1, 0.15) is 27.7 Å². The highest BCUT2D eigenvalue weighted by Crippen LogP contribution is 2.25. The summed E-state index contributed by atoms with van der Waals surface area (Å²) in [5.74, 6) is 0. The molecule has 0 saturated heterocycles. The van der Waals surface area contributed by atoms with Crippen LogP contribution in [0, 0.1) is 0 Å². The summed E-state index contributed by atoms with van der Waals surface area (Å²) in [5.41, 5.74) is 0.578. The zero-order valence-corrected chi connectivity index (χ0v) is 14.5. The maximum Gasteiger partial charge on any atom is 0.198 e. The van der Waals surface area contributed by atoms with Gasteiger partial charge < -0.3 is 0 Å². The largest absolute Gasteiger partial charge is 0.288 e. The van der Waals surface area contributed by atoms with E-state index in [4.69, 9.17) is 11.6 Å². The second-order valence-electron chi connectivity index (χ2n) is 3.73. The molecule has 0 atom stereocenters. The van der Waals surface area contributed by atoms with Crippen molar-refractivity contribution in [3.8, 4) is 0 Å². The number of nitrogens with zero attached hydrogens (tertiary/aromatic N) is 2. The van der Waals surface area contributed by atoms with Gasteiger partial charge in [0.15, 0.2) is 23.4 Å². The van der Waals surface area contributed by atoms with Crippen LogP contribution in [-0.4, -0.2) is 8.96 Å². The summed E-state index contributed by atoms with van der Waals surface area (Å²) in [6.07, 6.45) is 1.52. The molecule has 0 unspecified atom stereocenters. The van der Waals surface area contributed by atoms with E-state index in [0.29, 0.717) is 27.0 Å². The van der Waals surface area contributed by atoms with Crippen LogP contribution in [-0.2, 0) is 0 Å². The van der Waals surface area contributed by atoms with E-state index < -0.39 is 0 Å². The maximum atomic E-state index is 13.1. The number of halogens is 2. The molecule has 3 nitrogen and oxygen atoms in total. The Morgan fingerprint density at radius 1 is 1.14 bits per heavy atom. The maximum absolute atomic E-state index is 13.1. The van der Waals surface area contributed by atoms with E-state index in [9.17, 15) is 8.68 Å². The lowest BCUT2D eigenvalue weighted by Gasteiger charge is -2.08. The molecule has 0 aliphatic heterocycles. The van der Waals surface area contributed by atoms with E-state index in [2.05, 4.69) is 4.98 Å². The van der Waals surface area contributed by atoms with Crippen LogP contribution in [0.4, 0.5) is 3.89 Å². The van der Waals surface area contributed by atoms with Crippen molar-refractivity contribution in [3.05, 3.63) is 51.8 Å². The standard InChI is InChI=1S/C12H6ClFN2OS.2C2H6/c13-7-3-4-10-9(6-7)11(17)8-2-1-5-15-12(8)16(10)18-14;2*1-2/h1-6H;2*1-2H3. The first kappa shape index (κ1) is 18.5. The van der Waals surface area contributed by atoms with E-state index in [1.165, 1.54) is 10.2 Å². The van der Waals surface area contributed by atoms with E-state index in [1.807, 2.05) is 27.7 Å². The third kappa shape index (κ3) is 3.42. The molecular formula is C16H18ClFN2OS. The van der Waals surface area contributed by atoms with Crippen molar-refractivity contribution in [1.82, 2.24) is 8.96 Å². The monoisotopic (exact) mass is 340 g/mol. The summed E-state index contributed by atoms with van der Waals surface area (Å²) in [6, 6.07) is 8.04. The minimum absolute atomic E-state index is 0.0145. The Morgan fingerprint density at radius 2 is 1.82 bits per heavy atom. The minimum atomic E-state index is -0.194. The Hall–Kier alpha value is -1.59. The summed E-state index contributed by atoms with van der Waals surface area (Å²) in [5, 5.41) is 1.20. The van der Waals surface area contributed by atoms with Gasteiger partial charge in [-0.25, -0.2) is 8.96 Å². The highest BCUT2D eigenvalue weighted by atomic mass is 35.5. The Labute approximate surface area is 138 Å². The first-order valence-corrected chi connectivity index (χ1v) is 8.15. The van der Waals surface area contributed by atoms with Crippen molar-refractivity contribution < 1.29 is 3.89 Å². The molecule has 3 aromatic rings. The first-order valence-electron chi connectivity index (χ1n) is 7.10. The van der Waals surface area contributed by atoms with Crippen LogP contribution >= 0.6 is 23.9 Å². The Balaban J connectivity index is 0.000000561. The number of hydrogen-bond acceptors (Lipinski definition) is 3. The Kier molecular flexibility index (Phi) is 7.35. The predicted molar refractivity (Wildman–Crippen MR) is 95.3 cm³/mol. The van der Waals surface area contributed by atoms with E-state index in [-0.39, 0.29) is 17.8 Å². The number of hydrogen-bond donors (Lipinski definition) is 0. The molecule has 0 saturated carbocycles. The number of rotatable bonds is 1. The number of fused-ring (bicyclic) bond motifs is 2. The normalized spacial score (nSPS) is 9.73. The van der Waals surface area contributed by atoms with Gasteiger partial charge in [0.2, 0.25) is 0 Å². The lowest BCUT2D eigenvalue weighted by molar-refractivity contribution is 0.922. The number of aromatic nitrogens is 2. The molecule has 0 radical (unpaired) electrons. The van der Waals surface area contributed by atoms with Gasteiger partial charge in [0.05, 0.1) is 10.9 Å². The first-order chi connectivity index (χ1) is 10.7. The summed E-state index contributed by atoms with van der Waals surface area (Å²) in [7, 11) is 0. The SMILES string of the molecule is CC.CC.O=c1c2cc(Cl)ccc2n(SF)c2ncccc12. The molecule has 0 fully saturated rings. The molecular weight excluding hydrogens is 323 g/mol. The van der Waals surface area contributed by atoms with Gasteiger partial charge in [-0.05, 0) is 30.3 Å². The molecule has 22 heavy (non-hydrogen) atoms. The topological polar surface area (TPSA) is 34.9 Å². The van der Waals surface area contributed by atoms with Gasteiger partial charge in [0.25, 0.3) is 0 Å². The van der Waals surface area contributed by atoms with Gasteiger partial charge in [0.1, 0.15) is 0 Å². The fourth-order valence-corrected chi connectivity index (χ4v) is 2.55. The van der Waals surface area contributed by atoms with Gasteiger partial charge in [-0.1, -0.05) is 39.3 Å². The smallest absolute Gasteiger partial charge is 0.198 e. The molecule has 3 rings (SSSR count). The fourth-order valence-electron chi connectivity index (χ4n) is 1.93. The highest BCUT2D eigenvalue weighted by Gasteiger charge is 2.12. The van der Waals surface area contributed by atoms with Gasteiger partial charge in [-0.2, -0.15) is 0 Å². The van der Waals surface area contributed by atoms with Crippen LogP contribution < -0.4 is 5.43 Å². The van der Waals surface area contributed by atoms with Crippen LogP contribution in [0.15, 0.2) is 41.3 Å². The predicted octanol–water partition coefficient (Wildman–Crippen LogP) is 5.64. The zero-order valence-electron chi connectivity index (χ0n) is 12.9. The van der Waals surface area contributed by atoms with E-state index in [1.54, 1.807) is 30.3 Å². The summed E-state index contributed by atoms with van der Waals surface area (Å²) in [4.78, 5) is 16.3. The highest BCUT2D eigenvalue weighted by molar-refractivity contribution is 7.93. The van der Waals surface area contributed by atoms with Crippen LogP contribution in [0.2, 0.25) is 5.02 Å². The molecule has 2 aromatic heterocycles. The Morgan fingerprint density at radius 3 is 2.45 bits per heavy atom. The Bertz CT molecular complexity index is 820. The lowest BCUT2D eigenvalue weighted by Crippen LogP contribution is -2.08. The molecule has 0 bridgehead atoms. The van der Waals surface area contributed by atoms with E-state index >= 15 is 0 Å². The minimum Gasteiger partial charge on any atom is -0.288 e. The average Bonchev–Trinajstić information content (AvgIpc) is 2.59. The van der Waals surface area contributed by atoms with Crippen molar-refractivity contribution in [2.45, 2.75) is 27.7 Å². The summed E-state index contributed by atoms with van der Waals surface area (Å²) >= 11 is 5.89. The summed E-state index contributed by atoms with van der Waals surface area (Å²) in [6.45, 7) is 8.00. The molecule has 0 amide bonds. The molecule has 0 aliphatic carbocycles. The van der Waals surface area contributed by atoms with Gasteiger partial charge in [0, 0.05) is 16.6 Å². The molecule has 118 valence electrons. The van der Waals surface area contributed by atoms with Crippen molar-refractivity contribution in [2.24, 2.45) is 0 Å². The molecule has 0 aliphatic rings. The summed E-state index contributed by atoms with van der Waals surface area (Å²) < 4.78 is 14.4. The average molecular weight is 341 g/mol.